The Balaban J connectivity index is 2.36. The molecule has 0 aromatic heterocycles. The zero-order valence-corrected chi connectivity index (χ0v) is 11.7. The fraction of sp³-hybridized carbons (Fsp3) is 0.385. The lowest BCUT2D eigenvalue weighted by Gasteiger charge is -2.26. The molecule has 0 aliphatic carbocycles. The fourth-order valence-corrected chi connectivity index (χ4v) is 2.89. The normalized spacial score (nSPS) is 22.0. The molecule has 0 saturated carbocycles. The van der Waals surface area contributed by atoms with Gasteiger partial charge in [0.05, 0.1) is 7.11 Å². The minimum Gasteiger partial charge on any atom is -0.497 e. The number of amides is 3. The maximum atomic E-state index is 12.1. The van der Waals surface area contributed by atoms with Gasteiger partial charge in [0, 0.05) is 5.75 Å². The largest absolute Gasteiger partial charge is 0.497 e. The maximum absolute atomic E-state index is 12.1. The summed E-state index contributed by atoms with van der Waals surface area (Å²) in [5.41, 5.74) is -0.220. The topological polar surface area (TPSA) is 67.4 Å². The van der Waals surface area contributed by atoms with E-state index in [0.29, 0.717) is 11.5 Å². The van der Waals surface area contributed by atoms with Crippen LogP contribution in [0.4, 0.5) is 4.79 Å². The summed E-state index contributed by atoms with van der Waals surface area (Å²) in [5, 5.41) is 5.05. The highest BCUT2D eigenvalue weighted by molar-refractivity contribution is 7.99. The van der Waals surface area contributed by atoms with E-state index in [-0.39, 0.29) is 5.91 Å². The highest BCUT2D eigenvalue weighted by atomic mass is 32.2. The van der Waals surface area contributed by atoms with Crippen LogP contribution in [-0.4, -0.2) is 30.6 Å². The Labute approximate surface area is 116 Å². The Morgan fingerprint density at radius 3 is 2.42 bits per heavy atom. The molecule has 1 heterocycles. The second kappa shape index (κ2) is 5.52. The Morgan fingerprint density at radius 2 is 1.95 bits per heavy atom. The second-order valence-corrected chi connectivity index (χ2v) is 5.45. The summed E-state index contributed by atoms with van der Waals surface area (Å²) in [5.74, 6) is 1.80. The van der Waals surface area contributed by atoms with E-state index in [2.05, 4.69) is 10.6 Å². The first-order valence-corrected chi connectivity index (χ1v) is 7.13. The Bertz CT molecular complexity index is 489. The number of hydrogen-bond acceptors (Lipinski definition) is 4. The lowest BCUT2D eigenvalue weighted by molar-refractivity contribution is -0.123. The van der Waals surface area contributed by atoms with Crippen LogP contribution in [0.15, 0.2) is 24.3 Å². The standard InChI is InChI=1S/C13H16N2O3S/c1-3-19-8-13(11(16)14-12(17)15-13)9-4-6-10(18-2)7-5-9/h4-7H,3,8H2,1-2H3,(H2,14,15,16,17)/t13-/m0/s1. The number of urea groups is 1. The van der Waals surface area contributed by atoms with E-state index in [9.17, 15) is 9.59 Å². The highest BCUT2D eigenvalue weighted by Gasteiger charge is 2.47. The molecule has 0 bridgehead atoms. The number of methoxy groups -OCH3 is 1. The van der Waals surface area contributed by atoms with Crippen molar-refractivity contribution < 1.29 is 14.3 Å². The summed E-state index contributed by atoms with van der Waals surface area (Å²) in [6.45, 7) is 2.01. The first kappa shape index (κ1) is 13.7. The number of ether oxygens (including phenoxy) is 1. The summed E-state index contributed by atoms with van der Waals surface area (Å²) in [6, 6.07) is 6.73. The van der Waals surface area contributed by atoms with Gasteiger partial charge in [0.2, 0.25) is 0 Å². The Morgan fingerprint density at radius 1 is 1.26 bits per heavy atom. The van der Waals surface area contributed by atoms with Gasteiger partial charge < -0.3 is 10.1 Å². The quantitative estimate of drug-likeness (QED) is 0.802. The summed E-state index contributed by atoms with van der Waals surface area (Å²) >= 11 is 1.61. The average molecular weight is 280 g/mol. The molecule has 1 aromatic rings. The van der Waals surface area contributed by atoms with Crippen LogP contribution in [0.1, 0.15) is 12.5 Å². The summed E-state index contributed by atoms with van der Waals surface area (Å²) in [4.78, 5) is 23.6. The minimum absolute atomic E-state index is 0.302. The number of carbonyl (C=O) groups excluding carboxylic acids is 2. The first-order valence-electron chi connectivity index (χ1n) is 5.98. The third-order valence-electron chi connectivity index (χ3n) is 3.05. The van der Waals surface area contributed by atoms with Crippen molar-refractivity contribution in [1.82, 2.24) is 10.6 Å². The van der Waals surface area contributed by atoms with Crippen molar-refractivity contribution in [2.75, 3.05) is 18.6 Å². The lowest BCUT2D eigenvalue weighted by atomic mass is 9.92. The number of hydrogen-bond donors (Lipinski definition) is 2. The molecular weight excluding hydrogens is 264 g/mol. The minimum atomic E-state index is -0.982. The molecule has 2 rings (SSSR count). The first-order chi connectivity index (χ1) is 9.12. The van der Waals surface area contributed by atoms with E-state index in [0.717, 1.165) is 11.3 Å². The summed E-state index contributed by atoms with van der Waals surface area (Å²) in [6.07, 6.45) is 0. The molecule has 3 amide bonds. The average Bonchev–Trinajstić information content (AvgIpc) is 2.72. The summed E-state index contributed by atoms with van der Waals surface area (Å²) < 4.78 is 5.10. The van der Waals surface area contributed by atoms with Gasteiger partial charge in [0.1, 0.15) is 5.75 Å². The predicted octanol–water partition coefficient (Wildman–Crippen LogP) is 1.48. The highest BCUT2D eigenvalue weighted by Crippen LogP contribution is 2.30. The van der Waals surface area contributed by atoms with E-state index < -0.39 is 11.6 Å². The van der Waals surface area contributed by atoms with Gasteiger partial charge in [0.15, 0.2) is 5.54 Å². The van der Waals surface area contributed by atoms with Gasteiger partial charge in [-0.25, -0.2) is 4.79 Å². The third-order valence-corrected chi connectivity index (χ3v) is 4.09. The third kappa shape index (κ3) is 2.53. The molecule has 102 valence electrons. The van der Waals surface area contributed by atoms with Gasteiger partial charge >= 0.3 is 6.03 Å². The van der Waals surface area contributed by atoms with Crippen molar-refractivity contribution in [2.24, 2.45) is 0 Å². The van der Waals surface area contributed by atoms with E-state index in [1.54, 1.807) is 43.1 Å². The fourth-order valence-electron chi connectivity index (χ4n) is 2.01. The zero-order chi connectivity index (χ0) is 13.9. The maximum Gasteiger partial charge on any atom is 0.322 e. The molecule has 19 heavy (non-hydrogen) atoms. The number of imide groups is 1. The molecule has 0 unspecified atom stereocenters. The van der Waals surface area contributed by atoms with Crippen LogP contribution < -0.4 is 15.4 Å². The van der Waals surface area contributed by atoms with Crippen LogP contribution in [0, 0.1) is 0 Å². The van der Waals surface area contributed by atoms with Crippen LogP contribution in [0.5, 0.6) is 5.75 Å². The molecule has 1 saturated heterocycles. The van der Waals surface area contributed by atoms with Gasteiger partial charge in [-0.3, -0.25) is 10.1 Å². The molecule has 5 nitrogen and oxygen atoms in total. The summed E-state index contributed by atoms with van der Waals surface area (Å²) in [7, 11) is 1.59. The smallest absolute Gasteiger partial charge is 0.322 e. The molecule has 1 aliphatic rings. The zero-order valence-electron chi connectivity index (χ0n) is 10.9. The molecule has 1 aliphatic heterocycles. The molecule has 0 spiro atoms. The van der Waals surface area contributed by atoms with Crippen molar-refractivity contribution in [2.45, 2.75) is 12.5 Å². The molecule has 1 fully saturated rings. The van der Waals surface area contributed by atoms with Crippen molar-refractivity contribution in [3.8, 4) is 5.75 Å². The van der Waals surface area contributed by atoms with Crippen molar-refractivity contribution in [3.05, 3.63) is 29.8 Å². The van der Waals surface area contributed by atoms with Crippen molar-refractivity contribution >= 4 is 23.7 Å². The van der Waals surface area contributed by atoms with E-state index in [4.69, 9.17) is 4.74 Å². The van der Waals surface area contributed by atoms with Crippen LogP contribution >= 0.6 is 11.8 Å². The van der Waals surface area contributed by atoms with Gasteiger partial charge in [-0.1, -0.05) is 19.1 Å². The van der Waals surface area contributed by atoms with Gasteiger partial charge in [0.25, 0.3) is 5.91 Å². The number of nitrogens with one attached hydrogen (secondary N) is 2. The lowest BCUT2D eigenvalue weighted by Crippen LogP contribution is -2.46. The Hall–Kier alpha value is -1.69. The van der Waals surface area contributed by atoms with Crippen LogP contribution in [0.25, 0.3) is 0 Å². The number of thioether (sulfide) groups is 1. The molecule has 6 heteroatoms. The SMILES string of the molecule is CCSC[C@@]1(c2ccc(OC)cc2)NC(=O)NC1=O. The molecule has 2 N–H and O–H groups in total. The number of carbonyl (C=O) groups is 2. The van der Waals surface area contributed by atoms with Gasteiger partial charge in [-0.15, -0.1) is 0 Å². The molecule has 1 atom stereocenters. The van der Waals surface area contributed by atoms with E-state index >= 15 is 0 Å². The predicted molar refractivity (Wildman–Crippen MR) is 74.3 cm³/mol. The second-order valence-electron chi connectivity index (χ2n) is 4.18. The van der Waals surface area contributed by atoms with Crippen molar-refractivity contribution in [1.29, 1.82) is 0 Å². The van der Waals surface area contributed by atoms with E-state index in [1.807, 2.05) is 6.92 Å². The van der Waals surface area contributed by atoms with Crippen LogP contribution in [0.3, 0.4) is 0 Å². The molecule has 1 aromatic carbocycles. The van der Waals surface area contributed by atoms with Crippen LogP contribution in [-0.2, 0) is 10.3 Å². The number of benzene rings is 1. The number of rotatable bonds is 5. The van der Waals surface area contributed by atoms with Gasteiger partial charge in [-0.2, -0.15) is 11.8 Å². The molecular formula is C13H16N2O3S. The molecule has 0 radical (unpaired) electrons. The van der Waals surface area contributed by atoms with E-state index in [1.165, 1.54) is 0 Å². The monoisotopic (exact) mass is 280 g/mol. The van der Waals surface area contributed by atoms with Crippen molar-refractivity contribution in [3.63, 3.8) is 0 Å². The Kier molecular flexibility index (Phi) is 3.99. The van der Waals surface area contributed by atoms with Gasteiger partial charge in [-0.05, 0) is 23.4 Å². The van der Waals surface area contributed by atoms with Crippen LogP contribution in [0.2, 0.25) is 0 Å².